The van der Waals surface area contributed by atoms with Crippen LogP contribution in [0.2, 0.25) is 0 Å². The Kier molecular flexibility index (Phi) is 7.19. The van der Waals surface area contributed by atoms with Gasteiger partial charge < -0.3 is 11.1 Å². The molecule has 0 saturated carbocycles. The lowest BCUT2D eigenvalue weighted by Gasteiger charge is -2.18. The largest absolute Gasteiger partial charge is 0.434 e. The van der Waals surface area contributed by atoms with Gasteiger partial charge in [0.15, 0.2) is 5.69 Å². The minimum Gasteiger partial charge on any atom is -0.345 e. The van der Waals surface area contributed by atoms with Crippen molar-refractivity contribution in [3.8, 4) is 0 Å². The molecule has 2 atom stereocenters. The van der Waals surface area contributed by atoms with Crippen molar-refractivity contribution in [1.29, 1.82) is 0 Å². The van der Waals surface area contributed by atoms with Crippen molar-refractivity contribution >= 4 is 29.7 Å². The molecule has 1 amide bonds. The summed E-state index contributed by atoms with van der Waals surface area (Å²) >= 11 is 0.872. The van der Waals surface area contributed by atoms with Gasteiger partial charge in [0.05, 0.1) is 6.04 Å². The van der Waals surface area contributed by atoms with Crippen molar-refractivity contribution < 1.29 is 18.0 Å². The maximum atomic E-state index is 12.6. The van der Waals surface area contributed by atoms with Crippen molar-refractivity contribution in [2.75, 3.05) is 0 Å². The lowest BCUT2D eigenvalue weighted by atomic mass is 10.1. The third-order valence-electron chi connectivity index (χ3n) is 3.28. The van der Waals surface area contributed by atoms with Crippen LogP contribution in [0.4, 0.5) is 13.2 Å². The summed E-state index contributed by atoms with van der Waals surface area (Å²) in [5, 5.41) is 3.82. The molecular weight excluding hydrogens is 363 g/mol. The summed E-state index contributed by atoms with van der Waals surface area (Å²) in [6, 6.07) is 7.28. The zero-order valence-corrected chi connectivity index (χ0v) is 14.3. The van der Waals surface area contributed by atoms with Crippen LogP contribution in [0.15, 0.2) is 35.7 Å². The van der Waals surface area contributed by atoms with Gasteiger partial charge in [-0.25, -0.2) is 4.98 Å². The first-order valence-corrected chi connectivity index (χ1v) is 7.84. The van der Waals surface area contributed by atoms with Crippen LogP contribution < -0.4 is 11.1 Å². The highest BCUT2D eigenvalue weighted by atomic mass is 35.5. The maximum absolute atomic E-state index is 12.6. The smallest absolute Gasteiger partial charge is 0.345 e. The van der Waals surface area contributed by atoms with Gasteiger partial charge in [-0.15, -0.1) is 23.7 Å². The number of benzene rings is 1. The van der Waals surface area contributed by atoms with Crippen molar-refractivity contribution in [2.24, 2.45) is 5.73 Å². The topological polar surface area (TPSA) is 68.0 Å². The lowest BCUT2D eigenvalue weighted by molar-refractivity contribution is -0.140. The van der Waals surface area contributed by atoms with Gasteiger partial charge in [-0.3, -0.25) is 4.79 Å². The molecule has 1 heterocycles. The van der Waals surface area contributed by atoms with E-state index in [1.165, 1.54) is 0 Å². The predicted molar refractivity (Wildman–Crippen MR) is 88.9 cm³/mol. The number of nitrogens with zero attached hydrogens (tertiary/aromatic N) is 1. The average molecular weight is 380 g/mol. The number of nitrogens with two attached hydrogens (primary N) is 1. The molecule has 0 radical (unpaired) electrons. The summed E-state index contributed by atoms with van der Waals surface area (Å²) in [6.45, 7) is 1.76. The van der Waals surface area contributed by atoms with Gasteiger partial charge in [0.1, 0.15) is 11.0 Å². The number of carbonyl (C=O) groups excluding carboxylic acids is 1. The Morgan fingerprint density at radius 3 is 2.46 bits per heavy atom. The molecule has 3 N–H and O–H groups in total. The highest BCUT2D eigenvalue weighted by Gasteiger charge is 2.34. The van der Waals surface area contributed by atoms with Crippen molar-refractivity contribution in [2.45, 2.75) is 31.6 Å². The molecule has 0 spiro atoms. The number of nitrogens with one attached hydrogen (secondary N) is 1. The normalized spacial score (nSPS) is 13.7. The molecule has 0 aliphatic heterocycles. The van der Waals surface area contributed by atoms with Gasteiger partial charge in [0, 0.05) is 5.38 Å². The van der Waals surface area contributed by atoms with Gasteiger partial charge >= 0.3 is 6.18 Å². The molecule has 9 heteroatoms. The molecule has 2 aromatic rings. The second-order valence-corrected chi connectivity index (χ2v) is 5.82. The Labute approximate surface area is 147 Å². The van der Waals surface area contributed by atoms with E-state index in [-0.39, 0.29) is 17.4 Å². The molecule has 0 fully saturated rings. The molecule has 1 aromatic heterocycles. The minimum atomic E-state index is -4.49. The Morgan fingerprint density at radius 2 is 1.96 bits per heavy atom. The van der Waals surface area contributed by atoms with Crippen LogP contribution in [-0.2, 0) is 11.0 Å². The molecule has 0 bridgehead atoms. The van der Waals surface area contributed by atoms with Gasteiger partial charge in [0.2, 0.25) is 5.91 Å². The van der Waals surface area contributed by atoms with Crippen molar-refractivity contribution in [3.63, 3.8) is 0 Å². The monoisotopic (exact) mass is 379 g/mol. The minimum absolute atomic E-state index is 0. The van der Waals surface area contributed by atoms with E-state index in [4.69, 9.17) is 5.73 Å². The summed E-state index contributed by atoms with van der Waals surface area (Å²) in [4.78, 5) is 15.8. The maximum Gasteiger partial charge on any atom is 0.434 e. The Balaban J connectivity index is 0.00000288. The first-order chi connectivity index (χ1) is 10.8. The average Bonchev–Trinajstić information content (AvgIpc) is 3.02. The van der Waals surface area contributed by atoms with Crippen LogP contribution >= 0.6 is 23.7 Å². The number of aromatic nitrogens is 1. The number of rotatable bonds is 5. The quantitative estimate of drug-likeness (QED) is 0.829. The van der Waals surface area contributed by atoms with Crippen LogP contribution in [-0.4, -0.2) is 10.9 Å². The Bertz CT molecular complexity index is 663. The number of thiazole rings is 1. The van der Waals surface area contributed by atoms with E-state index in [1.807, 2.05) is 0 Å². The van der Waals surface area contributed by atoms with Crippen LogP contribution in [0.5, 0.6) is 0 Å². The number of hydrogen-bond donors (Lipinski definition) is 2. The summed E-state index contributed by atoms with van der Waals surface area (Å²) < 4.78 is 37.9. The summed E-state index contributed by atoms with van der Waals surface area (Å²) in [6.07, 6.45) is -4.07. The molecule has 0 aliphatic rings. The molecule has 132 valence electrons. The second-order valence-electron chi connectivity index (χ2n) is 4.93. The van der Waals surface area contributed by atoms with Crippen molar-refractivity contribution in [1.82, 2.24) is 10.3 Å². The fraction of sp³-hybridized carbons (Fsp3) is 0.333. The van der Waals surface area contributed by atoms with E-state index in [0.717, 1.165) is 16.7 Å². The van der Waals surface area contributed by atoms with E-state index in [0.29, 0.717) is 12.0 Å². The van der Waals surface area contributed by atoms with Crippen LogP contribution in [0, 0.1) is 0 Å². The summed E-state index contributed by atoms with van der Waals surface area (Å²) in [7, 11) is 0. The number of halogens is 4. The zero-order valence-electron chi connectivity index (χ0n) is 12.7. The third kappa shape index (κ3) is 4.93. The second kappa shape index (κ2) is 8.46. The molecule has 2 rings (SSSR count). The zero-order chi connectivity index (χ0) is 17.0. The first-order valence-electron chi connectivity index (χ1n) is 6.96. The SMILES string of the molecule is CCC(NC(=O)C(N)c1ccccc1)c1nc(C(F)(F)F)cs1.Cl. The van der Waals surface area contributed by atoms with E-state index in [9.17, 15) is 18.0 Å². The Morgan fingerprint density at radius 1 is 1.33 bits per heavy atom. The van der Waals surface area contributed by atoms with E-state index < -0.39 is 29.9 Å². The van der Waals surface area contributed by atoms with Gasteiger partial charge in [0.25, 0.3) is 0 Å². The highest BCUT2D eigenvalue weighted by Crippen LogP contribution is 2.32. The fourth-order valence-corrected chi connectivity index (χ4v) is 2.95. The van der Waals surface area contributed by atoms with Crippen LogP contribution in [0.1, 0.15) is 41.7 Å². The molecule has 0 saturated heterocycles. The van der Waals surface area contributed by atoms with Crippen molar-refractivity contribution in [3.05, 3.63) is 52.0 Å². The fourth-order valence-electron chi connectivity index (χ4n) is 1.99. The number of hydrogen-bond acceptors (Lipinski definition) is 4. The summed E-state index contributed by atoms with van der Waals surface area (Å²) in [5.41, 5.74) is 5.57. The lowest BCUT2D eigenvalue weighted by Crippen LogP contribution is -2.36. The molecule has 0 aliphatic carbocycles. The van der Waals surface area contributed by atoms with Gasteiger partial charge in [-0.05, 0) is 12.0 Å². The number of amides is 1. The molecular formula is C15H17ClF3N3OS. The Hall–Kier alpha value is -1.64. The van der Waals surface area contributed by atoms with E-state index in [1.54, 1.807) is 37.3 Å². The number of alkyl halides is 3. The van der Waals surface area contributed by atoms with Gasteiger partial charge in [-0.1, -0.05) is 37.3 Å². The molecule has 24 heavy (non-hydrogen) atoms. The predicted octanol–water partition coefficient (Wildman–Crippen LogP) is 3.85. The summed E-state index contributed by atoms with van der Waals surface area (Å²) in [5.74, 6) is -0.452. The molecule has 2 unspecified atom stereocenters. The van der Waals surface area contributed by atoms with E-state index in [2.05, 4.69) is 10.3 Å². The van der Waals surface area contributed by atoms with Gasteiger partial charge in [-0.2, -0.15) is 13.2 Å². The van der Waals surface area contributed by atoms with Crippen LogP contribution in [0.25, 0.3) is 0 Å². The molecule has 1 aromatic carbocycles. The highest BCUT2D eigenvalue weighted by molar-refractivity contribution is 7.09. The first kappa shape index (κ1) is 20.4. The third-order valence-corrected chi connectivity index (χ3v) is 4.23. The van der Waals surface area contributed by atoms with E-state index >= 15 is 0 Å². The number of carbonyl (C=O) groups is 1. The standard InChI is InChI=1S/C15H16F3N3OS.ClH/c1-2-10(14-21-11(8-23-14)15(16,17)18)20-13(22)12(19)9-6-4-3-5-7-9;/h3-8,10,12H,2,19H2,1H3,(H,20,22);1H. The molecule has 4 nitrogen and oxygen atoms in total. The van der Waals surface area contributed by atoms with Crippen LogP contribution in [0.3, 0.4) is 0 Å².